The van der Waals surface area contributed by atoms with Crippen LogP contribution in [0.3, 0.4) is 0 Å². The smallest absolute Gasteiger partial charge is 0.206 e. The van der Waals surface area contributed by atoms with Crippen LogP contribution in [0.1, 0.15) is 16.1 Å². The van der Waals surface area contributed by atoms with Crippen LogP contribution in [0.4, 0.5) is 0 Å². The minimum Gasteiger partial charge on any atom is -0.545 e. The summed E-state index contributed by atoms with van der Waals surface area (Å²) < 4.78 is 5.04. The van der Waals surface area contributed by atoms with E-state index in [1.54, 1.807) is 14.0 Å². The Labute approximate surface area is 127 Å². The maximum absolute atomic E-state index is 10.8. The fraction of sp³-hybridized carbons (Fsp3) is 0.462. The number of carboxylic acids is 1. The molecule has 2 N–H and O–H groups in total. The van der Waals surface area contributed by atoms with E-state index in [-0.39, 0.29) is 5.56 Å². The van der Waals surface area contributed by atoms with E-state index in [2.05, 4.69) is 25.7 Å². The summed E-state index contributed by atoms with van der Waals surface area (Å²) in [6.45, 7) is 5.79. The summed E-state index contributed by atoms with van der Waals surface area (Å²) in [6, 6.07) is 1.43. The molecule has 22 heavy (non-hydrogen) atoms. The van der Waals surface area contributed by atoms with E-state index in [1.807, 2.05) is 0 Å². The second-order valence-corrected chi connectivity index (χ2v) is 4.73. The Hall–Kier alpha value is -2.39. The maximum Gasteiger partial charge on any atom is 0.206 e. The SMILES string of the molecule is C1COCC[NH2+]1.Cc1ncc(-c2nnn(C)n2)cc1C(=O)[O-]. The molecule has 0 bridgehead atoms. The molecule has 2 aromatic rings. The lowest BCUT2D eigenvalue weighted by Gasteiger charge is -2.07. The van der Waals surface area contributed by atoms with Crippen molar-refractivity contribution >= 4 is 5.97 Å². The van der Waals surface area contributed by atoms with Gasteiger partial charge in [-0.25, -0.2) is 0 Å². The molecule has 1 aliphatic rings. The number of nitrogens with zero attached hydrogens (tertiary/aromatic N) is 5. The highest BCUT2D eigenvalue weighted by Crippen LogP contribution is 2.15. The number of nitrogens with two attached hydrogens (primary N) is 1. The van der Waals surface area contributed by atoms with Gasteiger partial charge in [-0.05, 0) is 18.2 Å². The Morgan fingerprint density at radius 2 is 2.14 bits per heavy atom. The predicted octanol–water partition coefficient (Wildman–Crippen LogP) is -2.48. The Morgan fingerprint density at radius 3 is 2.59 bits per heavy atom. The highest BCUT2D eigenvalue weighted by Gasteiger charge is 2.08. The minimum atomic E-state index is -1.27. The summed E-state index contributed by atoms with van der Waals surface area (Å²) in [5.41, 5.74) is 0.926. The summed E-state index contributed by atoms with van der Waals surface area (Å²) in [5.74, 6) is -0.937. The van der Waals surface area contributed by atoms with Crippen molar-refractivity contribution in [2.24, 2.45) is 7.05 Å². The number of rotatable bonds is 2. The second kappa shape index (κ2) is 7.57. The quantitative estimate of drug-likeness (QED) is 0.652. The van der Waals surface area contributed by atoms with E-state index in [9.17, 15) is 9.90 Å². The van der Waals surface area contributed by atoms with Gasteiger partial charge in [0.25, 0.3) is 0 Å². The first-order chi connectivity index (χ1) is 10.6. The summed E-state index contributed by atoms with van der Waals surface area (Å²) >= 11 is 0. The number of hydrogen-bond donors (Lipinski definition) is 1. The monoisotopic (exact) mass is 306 g/mol. The molecule has 0 atom stereocenters. The Kier molecular flexibility index (Phi) is 5.50. The highest BCUT2D eigenvalue weighted by molar-refractivity contribution is 5.88. The molecule has 118 valence electrons. The van der Waals surface area contributed by atoms with Crippen LogP contribution in [0, 0.1) is 6.92 Å². The van der Waals surface area contributed by atoms with Gasteiger partial charge in [-0.3, -0.25) is 4.98 Å². The van der Waals surface area contributed by atoms with Crippen LogP contribution in [-0.4, -0.2) is 57.5 Å². The number of hydrogen-bond acceptors (Lipinski definition) is 7. The number of aromatic carboxylic acids is 1. The van der Waals surface area contributed by atoms with Gasteiger partial charge in [0.2, 0.25) is 5.82 Å². The Balaban J connectivity index is 0.000000246. The number of aromatic nitrogens is 5. The normalized spacial score (nSPS) is 14.1. The molecule has 1 fully saturated rings. The van der Waals surface area contributed by atoms with Gasteiger partial charge in [0.1, 0.15) is 0 Å². The minimum absolute atomic E-state index is 0.0324. The fourth-order valence-corrected chi connectivity index (χ4v) is 1.84. The zero-order valence-electron chi connectivity index (χ0n) is 12.5. The standard InChI is InChI=1S/C9H9N5O2.C4H9NO/c1-5-7(9(15)16)3-6(4-10-5)8-11-13-14(2)12-8;1-3-6-4-2-5-1/h3-4H,1-2H3,(H,15,16);5H,1-4H2. The van der Waals surface area contributed by atoms with Crippen molar-refractivity contribution in [3.05, 3.63) is 23.5 Å². The molecule has 3 heterocycles. The molecule has 0 amide bonds. The third-order valence-corrected chi connectivity index (χ3v) is 3.01. The summed E-state index contributed by atoms with van der Waals surface area (Å²) in [7, 11) is 1.62. The summed E-state index contributed by atoms with van der Waals surface area (Å²) in [4.78, 5) is 16.0. The number of tetrazole rings is 1. The van der Waals surface area contributed by atoms with Gasteiger partial charge in [0, 0.05) is 23.0 Å². The van der Waals surface area contributed by atoms with Gasteiger partial charge in [0.05, 0.1) is 39.3 Å². The van der Waals surface area contributed by atoms with Crippen LogP contribution in [0.15, 0.2) is 12.3 Å². The first kappa shape index (κ1) is 16.0. The number of carbonyl (C=O) groups is 1. The summed E-state index contributed by atoms with van der Waals surface area (Å²) in [6.07, 6.45) is 1.50. The number of morpholine rings is 1. The zero-order valence-corrected chi connectivity index (χ0v) is 12.5. The van der Waals surface area contributed by atoms with E-state index in [0.29, 0.717) is 17.1 Å². The van der Waals surface area contributed by atoms with Gasteiger partial charge in [0.15, 0.2) is 0 Å². The lowest BCUT2D eigenvalue weighted by atomic mass is 10.1. The maximum atomic E-state index is 10.8. The number of aryl methyl sites for hydroxylation is 2. The average Bonchev–Trinajstić information content (AvgIpc) is 2.96. The largest absolute Gasteiger partial charge is 0.545 e. The van der Waals surface area contributed by atoms with E-state index in [1.165, 1.54) is 17.1 Å². The lowest BCUT2D eigenvalue weighted by Crippen LogP contribution is -2.87. The van der Waals surface area contributed by atoms with Crippen LogP contribution in [-0.2, 0) is 11.8 Å². The molecule has 9 heteroatoms. The molecule has 0 aromatic carbocycles. The Morgan fingerprint density at radius 1 is 1.41 bits per heavy atom. The highest BCUT2D eigenvalue weighted by atomic mass is 16.5. The number of carboxylic acid groups (broad SMARTS) is 1. The van der Waals surface area contributed by atoms with E-state index < -0.39 is 5.97 Å². The van der Waals surface area contributed by atoms with Gasteiger partial charge in [-0.2, -0.15) is 4.80 Å². The molecule has 0 radical (unpaired) electrons. The molecule has 1 aliphatic heterocycles. The molecule has 3 rings (SSSR count). The molecule has 9 nitrogen and oxygen atoms in total. The number of quaternary nitrogens is 1. The molecular formula is C13H18N6O3. The Bertz CT molecular complexity index is 627. The van der Waals surface area contributed by atoms with Crippen molar-refractivity contribution in [1.82, 2.24) is 25.2 Å². The van der Waals surface area contributed by atoms with E-state index in [4.69, 9.17) is 4.74 Å². The lowest BCUT2D eigenvalue weighted by molar-refractivity contribution is -0.670. The molecule has 0 saturated carbocycles. The van der Waals surface area contributed by atoms with Crippen molar-refractivity contribution in [3.63, 3.8) is 0 Å². The second-order valence-electron chi connectivity index (χ2n) is 4.73. The molecule has 0 aliphatic carbocycles. The first-order valence-corrected chi connectivity index (χ1v) is 6.89. The molecule has 1 saturated heterocycles. The van der Waals surface area contributed by atoms with Crippen molar-refractivity contribution < 1.29 is 20.0 Å². The molecule has 2 aromatic heterocycles. The van der Waals surface area contributed by atoms with Crippen LogP contribution < -0.4 is 10.4 Å². The van der Waals surface area contributed by atoms with Crippen LogP contribution in [0.5, 0.6) is 0 Å². The number of pyridine rings is 1. The van der Waals surface area contributed by atoms with Gasteiger partial charge in [-0.1, -0.05) is 0 Å². The average molecular weight is 306 g/mol. The van der Waals surface area contributed by atoms with Crippen molar-refractivity contribution in [3.8, 4) is 11.4 Å². The number of carbonyl (C=O) groups excluding carboxylic acids is 1. The van der Waals surface area contributed by atoms with Crippen LogP contribution in [0.2, 0.25) is 0 Å². The fourth-order valence-electron chi connectivity index (χ4n) is 1.84. The van der Waals surface area contributed by atoms with Crippen molar-refractivity contribution in [2.45, 2.75) is 6.92 Å². The third-order valence-electron chi connectivity index (χ3n) is 3.01. The molecular weight excluding hydrogens is 288 g/mol. The van der Waals surface area contributed by atoms with Crippen molar-refractivity contribution in [2.75, 3.05) is 26.3 Å². The van der Waals surface area contributed by atoms with E-state index >= 15 is 0 Å². The molecule has 0 unspecified atom stereocenters. The van der Waals surface area contributed by atoms with Crippen LogP contribution >= 0.6 is 0 Å². The predicted molar refractivity (Wildman–Crippen MR) is 73.6 cm³/mol. The first-order valence-electron chi connectivity index (χ1n) is 6.89. The van der Waals surface area contributed by atoms with Gasteiger partial charge in [-0.15, -0.1) is 10.2 Å². The topological polar surface area (TPSA) is 122 Å². The summed E-state index contributed by atoms with van der Waals surface area (Å²) in [5, 5.41) is 24.4. The third kappa shape index (κ3) is 4.30. The molecule has 0 spiro atoms. The number of ether oxygens (including phenoxy) is 1. The van der Waals surface area contributed by atoms with E-state index in [0.717, 1.165) is 26.3 Å². The van der Waals surface area contributed by atoms with Crippen molar-refractivity contribution in [1.29, 1.82) is 0 Å². The van der Waals surface area contributed by atoms with Gasteiger partial charge < -0.3 is 20.0 Å². The van der Waals surface area contributed by atoms with Crippen LogP contribution in [0.25, 0.3) is 11.4 Å². The zero-order chi connectivity index (χ0) is 15.9. The van der Waals surface area contributed by atoms with Gasteiger partial charge >= 0.3 is 0 Å².